The predicted octanol–water partition coefficient (Wildman–Crippen LogP) is 2.62. The molecule has 2 nitrogen and oxygen atoms in total. The molecule has 0 aliphatic rings. The molecule has 72 valence electrons. The molecule has 3 heteroatoms. The van der Waals surface area contributed by atoms with E-state index in [4.69, 9.17) is 9.47 Å². The molecule has 0 unspecified atom stereocenters. The Balaban J connectivity index is 3.09. The molecular weight excluding hydrogens is 171 g/mol. The topological polar surface area (TPSA) is 18.5 Å². The Labute approximate surface area is 77.3 Å². The number of ether oxygens (including phenoxy) is 2. The maximum absolute atomic E-state index is 12.0. The van der Waals surface area contributed by atoms with Gasteiger partial charge in [-0.3, -0.25) is 0 Å². The van der Waals surface area contributed by atoms with Crippen molar-refractivity contribution in [2.75, 3.05) is 14.0 Å². The van der Waals surface area contributed by atoms with Gasteiger partial charge >= 0.3 is 0 Å². The third kappa shape index (κ3) is 2.11. The lowest BCUT2D eigenvalue weighted by Crippen LogP contribution is -1.96. The lowest BCUT2D eigenvalue weighted by Gasteiger charge is -2.10. The summed E-state index contributed by atoms with van der Waals surface area (Å²) in [6.07, 6.45) is 0. The first-order valence-corrected chi connectivity index (χ1v) is 4.03. The molecule has 0 aliphatic heterocycles. The Morgan fingerprint density at radius 2 is 2.00 bits per heavy atom. The molecule has 0 amide bonds. The second-order valence-corrected chi connectivity index (χ2v) is 2.82. The number of halogens is 1. The van der Waals surface area contributed by atoms with Crippen LogP contribution in [0.25, 0.3) is 0 Å². The maximum Gasteiger partial charge on any atom is 0.228 e. The number of benzene rings is 1. The van der Waals surface area contributed by atoms with Crippen LogP contribution < -0.4 is 9.47 Å². The van der Waals surface area contributed by atoms with Crippen molar-refractivity contribution in [2.45, 2.75) is 13.8 Å². The largest absolute Gasteiger partial charge is 0.497 e. The molecule has 0 aliphatic carbocycles. The molecule has 0 bridgehead atoms. The van der Waals surface area contributed by atoms with Crippen molar-refractivity contribution in [3.8, 4) is 11.5 Å². The summed E-state index contributed by atoms with van der Waals surface area (Å²) in [4.78, 5) is 0. The summed E-state index contributed by atoms with van der Waals surface area (Å²) in [5.74, 6) is 1.23. The van der Waals surface area contributed by atoms with Crippen molar-refractivity contribution >= 4 is 0 Å². The van der Waals surface area contributed by atoms with Gasteiger partial charge in [-0.05, 0) is 31.0 Å². The molecular formula is C10H13FO2. The van der Waals surface area contributed by atoms with Crippen LogP contribution in [0.3, 0.4) is 0 Å². The minimum absolute atomic E-state index is 0.541. The SMILES string of the molecule is COc1cc(C)c(C)c(OCF)c1. The first kappa shape index (κ1) is 9.84. The number of aryl methyl sites for hydroxylation is 1. The smallest absolute Gasteiger partial charge is 0.228 e. The van der Waals surface area contributed by atoms with Crippen molar-refractivity contribution in [1.82, 2.24) is 0 Å². The zero-order chi connectivity index (χ0) is 9.84. The van der Waals surface area contributed by atoms with Gasteiger partial charge in [-0.15, -0.1) is 0 Å². The summed E-state index contributed by atoms with van der Waals surface area (Å²) in [5.41, 5.74) is 1.97. The number of hydrogen-bond donors (Lipinski definition) is 0. The summed E-state index contributed by atoms with van der Waals surface area (Å²) >= 11 is 0. The minimum Gasteiger partial charge on any atom is -0.497 e. The van der Waals surface area contributed by atoms with E-state index in [1.807, 2.05) is 19.9 Å². The van der Waals surface area contributed by atoms with E-state index in [1.54, 1.807) is 13.2 Å². The second-order valence-electron chi connectivity index (χ2n) is 2.82. The molecule has 1 aromatic rings. The van der Waals surface area contributed by atoms with Gasteiger partial charge < -0.3 is 9.47 Å². The van der Waals surface area contributed by atoms with Gasteiger partial charge in [0.15, 0.2) is 0 Å². The second kappa shape index (κ2) is 4.12. The monoisotopic (exact) mass is 184 g/mol. The number of rotatable bonds is 3. The Hall–Kier alpha value is -1.25. The van der Waals surface area contributed by atoms with Crippen LogP contribution in [0.2, 0.25) is 0 Å². The van der Waals surface area contributed by atoms with Gasteiger partial charge in [-0.25, -0.2) is 4.39 Å². The number of hydrogen-bond acceptors (Lipinski definition) is 2. The highest BCUT2D eigenvalue weighted by Gasteiger charge is 2.05. The fourth-order valence-electron chi connectivity index (χ4n) is 1.12. The summed E-state index contributed by atoms with van der Waals surface area (Å²) in [6, 6.07) is 3.57. The summed E-state index contributed by atoms with van der Waals surface area (Å²) in [7, 11) is 1.57. The van der Waals surface area contributed by atoms with Crippen LogP contribution in [-0.4, -0.2) is 14.0 Å². The van der Waals surface area contributed by atoms with Crippen molar-refractivity contribution in [3.63, 3.8) is 0 Å². The maximum atomic E-state index is 12.0. The quantitative estimate of drug-likeness (QED) is 0.718. The predicted molar refractivity (Wildman–Crippen MR) is 49.1 cm³/mol. The van der Waals surface area contributed by atoms with Crippen LogP contribution in [0, 0.1) is 13.8 Å². The average molecular weight is 184 g/mol. The van der Waals surface area contributed by atoms with Crippen molar-refractivity contribution in [1.29, 1.82) is 0 Å². The van der Waals surface area contributed by atoms with Gasteiger partial charge in [0, 0.05) is 6.07 Å². The number of methoxy groups -OCH3 is 1. The standard InChI is InChI=1S/C10H13FO2/c1-7-4-9(12-3)5-10(8(7)2)13-6-11/h4-5H,6H2,1-3H3. The third-order valence-corrected chi connectivity index (χ3v) is 2.04. The van der Waals surface area contributed by atoms with Crippen LogP contribution in [0.5, 0.6) is 11.5 Å². The molecule has 0 saturated carbocycles. The molecule has 0 heterocycles. The van der Waals surface area contributed by atoms with Crippen LogP contribution in [0.4, 0.5) is 4.39 Å². The minimum atomic E-state index is -0.812. The van der Waals surface area contributed by atoms with E-state index < -0.39 is 6.86 Å². The van der Waals surface area contributed by atoms with Gasteiger partial charge in [0.25, 0.3) is 0 Å². The highest BCUT2D eigenvalue weighted by atomic mass is 19.1. The van der Waals surface area contributed by atoms with Crippen molar-refractivity contribution in [3.05, 3.63) is 23.3 Å². The van der Waals surface area contributed by atoms with Crippen molar-refractivity contribution < 1.29 is 13.9 Å². The van der Waals surface area contributed by atoms with E-state index in [2.05, 4.69) is 0 Å². The van der Waals surface area contributed by atoms with Gasteiger partial charge in [-0.2, -0.15) is 0 Å². The van der Waals surface area contributed by atoms with Crippen LogP contribution >= 0.6 is 0 Å². The third-order valence-electron chi connectivity index (χ3n) is 2.04. The fraction of sp³-hybridized carbons (Fsp3) is 0.400. The van der Waals surface area contributed by atoms with E-state index >= 15 is 0 Å². The van der Waals surface area contributed by atoms with Crippen LogP contribution in [0.15, 0.2) is 12.1 Å². The zero-order valence-electron chi connectivity index (χ0n) is 8.06. The van der Waals surface area contributed by atoms with Crippen molar-refractivity contribution in [2.24, 2.45) is 0 Å². The summed E-state index contributed by atoms with van der Waals surface area (Å²) in [6.45, 7) is 3.01. The molecule has 0 atom stereocenters. The van der Waals surface area contributed by atoms with Gasteiger partial charge in [-0.1, -0.05) is 0 Å². The normalized spacial score (nSPS) is 9.85. The van der Waals surface area contributed by atoms with E-state index in [1.165, 1.54) is 0 Å². The Bertz CT molecular complexity index is 297. The Kier molecular flexibility index (Phi) is 3.12. The molecule has 0 aromatic heterocycles. The van der Waals surface area contributed by atoms with E-state index in [9.17, 15) is 4.39 Å². The van der Waals surface area contributed by atoms with Crippen LogP contribution in [0.1, 0.15) is 11.1 Å². The average Bonchev–Trinajstić information content (AvgIpc) is 2.13. The lowest BCUT2D eigenvalue weighted by atomic mass is 10.1. The highest BCUT2D eigenvalue weighted by molar-refractivity contribution is 5.45. The molecule has 1 rings (SSSR count). The first-order chi connectivity index (χ1) is 6.19. The van der Waals surface area contributed by atoms with E-state index in [-0.39, 0.29) is 0 Å². The number of alkyl halides is 1. The molecule has 0 spiro atoms. The molecule has 13 heavy (non-hydrogen) atoms. The highest BCUT2D eigenvalue weighted by Crippen LogP contribution is 2.27. The van der Waals surface area contributed by atoms with Gasteiger partial charge in [0.2, 0.25) is 6.86 Å². The molecule has 0 N–H and O–H groups in total. The molecule has 0 fully saturated rings. The summed E-state index contributed by atoms with van der Waals surface area (Å²) in [5, 5.41) is 0. The Morgan fingerprint density at radius 1 is 1.31 bits per heavy atom. The van der Waals surface area contributed by atoms with E-state index in [0.717, 1.165) is 11.1 Å². The fourth-order valence-corrected chi connectivity index (χ4v) is 1.12. The van der Waals surface area contributed by atoms with Crippen LogP contribution in [-0.2, 0) is 0 Å². The molecule has 0 radical (unpaired) electrons. The Morgan fingerprint density at radius 3 is 2.54 bits per heavy atom. The lowest BCUT2D eigenvalue weighted by molar-refractivity contribution is 0.190. The molecule has 1 aromatic carbocycles. The molecule has 0 saturated heterocycles. The zero-order valence-corrected chi connectivity index (χ0v) is 8.06. The van der Waals surface area contributed by atoms with Gasteiger partial charge in [0.05, 0.1) is 7.11 Å². The summed E-state index contributed by atoms with van der Waals surface area (Å²) < 4.78 is 21.8. The van der Waals surface area contributed by atoms with Gasteiger partial charge in [0.1, 0.15) is 11.5 Å². The van der Waals surface area contributed by atoms with E-state index in [0.29, 0.717) is 11.5 Å². The first-order valence-electron chi connectivity index (χ1n) is 4.03.